The molecule has 7 heteroatoms. The van der Waals surface area contributed by atoms with Gasteiger partial charge in [0, 0.05) is 29.2 Å². The molecule has 2 aromatic rings. The Labute approximate surface area is 158 Å². The number of amides is 1. The normalized spacial score (nSPS) is 13.6. The zero-order valence-corrected chi connectivity index (χ0v) is 16.2. The molecule has 3 rings (SSSR count). The van der Waals surface area contributed by atoms with E-state index >= 15 is 0 Å². The molecular weight excluding hydrogens is 348 g/mol. The van der Waals surface area contributed by atoms with Gasteiger partial charge in [0.15, 0.2) is 17.6 Å². The summed E-state index contributed by atoms with van der Waals surface area (Å²) in [5.41, 5.74) is 2.83. The van der Waals surface area contributed by atoms with Crippen LogP contribution in [0.15, 0.2) is 24.3 Å². The fourth-order valence-corrected chi connectivity index (χ4v) is 3.27. The lowest BCUT2D eigenvalue weighted by Gasteiger charge is -2.15. The molecule has 2 heterocycles. The van der Waals surface area contributed by atoms with E-state index in [-0.39, 0.29) is 12.8 Å². The fraction of sp³-hybridized carbons (Fsp3) is 0.400. The summed E-state index contributed by atoms with van der Waals surface area (Å²) in [6.45, 7) is 9.63. The molecule has 1 aromatic heterocycles. The van der Waals surface area contributed by atoms with Crippen molar-refractivity contribution in [2.45, 2.75) is 46.8 Å². The van der Waals surface area contributed by atoms with Crippen LogP contribution in [0.2, 0.25) is 0 Å². The van der Waals surface area contributed by atoms with Crippen LogP contribution in [0.4, 0.5) is 5.69 Å². The molecule has 1 N–H and O–H groups in total. The van der Waals surface area contributed by atoms with Gasteiger partial charge in [0.2, 0.25) is 6.79 Å². The van der Waals surface area contributed by atoms with E-state index in [2.05, 4.69) is 23.7 Å². The van der Waals surface area contributed by atoms with Gasteiger partial charge < -0.3 is 24.1 Å². The Morgan fingerprint density at radius 3 is 2.48 bits per heavy atom. The summed E-state index contributed by atoms with van der Waals surface area (Å²) in [5, 5.41) is 2.72. The Kier molecular flexibility index (Phi) is 5.12. The van der Waals surface area contributed by atoms with Gasteiger partial charge in [-0.25, -0.2) is 4.79 Å². The van der Waals surface area contributed by atoms with E-state index in [1.165, 1.54) is 0 Å². The van der Waals surface area contributed by atoms with Crippen molar-refractivity contribution in [1.82, 2.24) is 4.57 Å². The van der Waals surface area contributed by atoms with E-state index in [1.807, 2.05) is 13.8 Å². The average molecular weight is 372 g/mol. The molecule has 0 spiro atoms. The summed E-state index contributed by atoms with van der Waals surface area (Å²) in [6.07, 6.45) is -0.940. The molecule has 0 aliphatic carbocycles. The lowest BCUT2D eigenvalue weighted by atomic mass is 10.2. The molecule has 0 saturated heterocycles. The third-order valence-corrected chi connectivity index (χ3v) is 4.51. The SMILES string of the molecule is Cc1cc(C(=O)O[C@@H](C)C(=O)Nc2ccc3c(c2)OCO3)c(C)n1C(C)C. The van der Waals surface area contributed by atoms with Crippen molar-refractivity contribution in [3.05, 3.63) is 41.2 Å². The molecule has 0 fully saturated rings. The van der Waals surface area contributed by atoms with E-state index in [4.69, 9.17) is 14.2 Å². The minimum atomic E-state index is -0.940. The number of carbonyl (C=O) groups is 2. The first-order valence-electron chi connectivity index (χ1n) is 8.88. The van der Waals surface area contributed by atoms with Gasteiger partial charge in [0.05, 0.1) is 5.56 Å². The van der Waals surface area contributed by atoms with Gasteiger partial charge in [0.1, 0.15) is 0 Å². The van der Waals surface area contributed by atoms with Crippen LogP contribution in [0.25, 0.3) is 0 Å². The monoisotopic (exact) mass is 372 g/mol. The van der Waals surface area contributed by atoms with Crippen molar-refractivity contribution in [2.75, 3.05) is 12.1 Å². The van der Waals surface area contributed by atoms with Crippen LogP contribution < -0.4 is 14.8 Å². The van der Waals surface area contributed by atoms with Gasteiger partial charge in [-0.15, -0.1) is 0 Å². The van der Waals surface area contributed by atoms with Crippen molar-refractivity contribution in [1.29, 1.82) is 0 Å². The molecule has 144 valence electrons. The van der Waals surface area contributed by atoms with Crippen LogP contribution >= 0.6 is 0 Å². The molecular formula is C20H24N2O5. The van der Waals surface area contributed by atoms with Crippen LogP contribution in [-0.4, -0.2) is 29.3 Å². The highest BCUT2D eigenvalue weighted by Gasteiger charge is 2.24. The first kappa shape index (κ1) is 18.8. The predicted octanol–water partition coefficient (Wildman–Crippen LogP) is 3.60. The van der Waals surface area contributed by atoms with E-state index in [0.717, 1.165) is 11.4 Å². The van der Waals surface area contributed by atoms with Crippen molar-refractivity contribution >= 4 is 17.6 Å². The zero-order chi connectivity index (χ0) is 19.7. The number of rotatable bonds is 5. The third kappa shape index (κ3) is 3.77. The van der Waals surface area contributed by atoms with Gasteiger partial charge in [-0.05, 0) is 52.8 Å². The van der Waals surface area contributed by atoms with Crippen LogP contribution in [0.3, 0.4) is 0 Å². The molecule has 1 atom stereocenters. The maximum Gasteiger partial charge on any atom is 0.340 e. The molecule has 27 heavy (non-hydrogen) atoms. The number of hydrogen-bond donors (Lipinski definition) is 1. The number of hydrogen-bond acceptors (Lipinski definition) is 5. The number of ether oxygens (including phenoxy) is 3. The van der Waals surface area contributed by atoms with Crippen molar-refractivity contribution in [3.63, 3.8) is 0 Å². The number of fused-ring (bicyclic) bond motifs is 1. The van der Waals surface area contributed by atoms with Crippen molar-refractivity contribution in [3.8, 4) is 11.5 Å². The number of carbonyl (C=O) groups excluding carboxylic acids is 2. The van der Waals surface area contributed by atoms with Gasteiger partial charge >= 0.3 is 5.97 Å². The largest absolute Gasteiger partial charge is 0.454 e. The van der Waals surface area contributed by atoms with E-state index in [0.29, 0.717) is 22.7 Å². The van der Waals surface area contributed by atoms with Crippen LogP contribution in [0, 0.1) is 13.8 Å². The van der Waals surface area contributed by atoms with Gasteiger partial charge in [-0.1, -0.05) is 0 Å². The summed E-state index contributed by atoms with van der Waals surface area (Å²) in [6, 6.07) is 7.12. The molecule has 0 unspecified atom stereocenters. The standard InChI is InChI=1S/C20H24N2O5/c1-11(2)22-12(3)8-16(13(22)4)20(24)27-14(5)19(23)21-15-6-7-17-18(9-15)26-10-25-17/h6-9,11,14H,10H2,1-5H3,(H,21,23)/t14-/m0/s1. The van der Waals surface area contributed by atoms with E-state index in [9.17, 15) is 9.59 Å². The van der Waals surface area contributed by atoms with Crippen molar-refractivity contribution in [2.24, 2.45) is 0 Å². The Morgan fingerprint density at radius 1 is 1.11 bits per heavy atom. The minimum absolute atomic E-state index is 0.162. The molecule has 0 saturated carbocycles. The van der Waals surface area contributed by atoms with E-state index < -0.39 is 18.0 Å². The maximum absolute atomic E-state index is 12.5. The second-order valence-corrected chi connectivity index (χ2v) is 6.85. The molecule has 1 aliphatic rings. The van der Waals surface area contributed by atoms with Gasteiger partial charge in [-0.2, -0.15) is 0 Å². The topological polar surface area (TPSA) is 78.8 Å². The highest BCUT2D eigenvalue weighted by Crippen LogP contribution is 2.34. The Hall–Kier alpha value is -2.96. The number of aryl methyl sites for hydroxylation is 1. The minimum Gasteiger partial charge on any atom is -0.454 e. The second kappa shape index (κ2) is 7.34. The summed E-state index contributed by atoms with van der Waals surface area (Å²) < 4.78 is 18.0. The number of anilines is 1. The first-order chi connectivity index (χ1) is 12.8. The lowest BCUT2D eigenvalue weighted by molar-refractivity contribution is -0.123. The average Bonchev–Trinajstić information content (AvgIpc) is 3.18. The van der Waals surface area contributed by atoms with Gasteiger partial charge in [0.25, 0.3) is 5.91 Å². The van der Waals surface area contributed by atoms with Crippen LogP contribution in [0.5, 0.6) is 11.5 Å². The Morgan fingerprint density at radius 2 is 1.81 bits per heavy atom. The molecule has 1 amide bonds. The molecule has 1 aliphatic heterocycles. The third-order valence-electron chi connectivity index (χ3n) is 4.51. The highest BCUT2D eigenvalue weighted by atomic mass is 16.7. The summed E-state index contributed by atoms with van der Waals surface area (Å²) in [4.78, 5) is 24.9. The fourth-order valence-electron chi connectivity index (χ4n) is 3.27. The Balaban J connectivity index is 1.66. The first-order valence-corrected chi connectivity index (χ1v) is 8.88. The second-order valence-electron chi connectivity index (χ2n) is 6.85. The van der Waals surface area contributed by atoms with Crippen LogP contribution in [0.1, 0.15) is 48.6 Å². The summed E-state index contributed by atoms with van der Waals surface area (Å²) in [7, 11) is 0. The smallest absolute Gasteiger partial charge is 0.340 e. The van der Waals surface area contributed by atoms with E-state index in [1.54, 1.807) is 31.2 Å². The highest BCUT2D eigenvalue weighted by molar-refractivity contribution is 5.98. The number of nitrogens with one attached hydrogen (secondary N) is 1. The predicted molar refractivity (Wildman–Crippen MR) is 100 cm³/mol. The lowest BCUT2D eigenvalue weighted by Crippen LogP contribution is -2.30. The molecule has 0 radical (unpaired) electrons. The zero-order valence-electron chi connectivity index (χ0n) is 16.2. The number of benzene rings is 1. The molecule has 0 bridgehead atoms. The molecule has 1 aromatic carbocycles. The Bertz CT molecular complexity index is 885. The van der Waals surface area contributed by atoms with Crippen molar-refractivity contribution < 1.29 is 23.8 Å². The van der Waals surface area contributed by atoms with Crippen LogP contribution in [-0.2, 0) is 9.53 Å². The number of aromatic nitrogens is 1. The maximum atomic E-state index is 12.5. The van der Waals surface area contributed by atoms with Gasteiger partial charge in [-0.3, -0.25) is 4.79 Å². The summed E-state index contributed by atoms with van der Waals surface area (Å²) in [5.74, 6) is 0.273. The molecule has 7 nitrogen and oxygen atoms in total. The number of esters is 1. The quantitative estimate of drug-likeness (QED) is 0.812. The number of nitrogens with zero attached hydrogens (tertiary/aromatic N) is 1. The summed E-state index contributed by atoms with van der Waals surface area (Å²) >= 11 is 0.